The van der Waals surface area contributed by atoms with E-state index in [1.807, 2.05) is 30.6 Å². The Kier molecular flexibility index (Phi) is 8.70. The van der Waals surface area contributed by atoms with Gasteiger partial charge in [0.2, 0.25) is 0 Å². The SMILES string of the molecule is CC(F)CCC[n+]1ccccc1.OB(O)O. The highest BCUT2D eigenvalue weighted by Crippen LogP contribution is 1.99. The average Bonchev–Trinajstić information content (AvgIpc) is 2.18. The zero-order chi connectivity index (χ0) is 12.4. The van der Waals surface area contributed by atoms with Crippen molar-refractivity contribution in [2.24, 2.45) is 0 Å². The molecular formula is C10H18BFNO3+. The second kappa shape index (κ2) is 9.27. The molecule has 0 aliphatic rings. The molecule has 0 aromatic carbocycles. The molecule has 1 aromatic heterocycles. The number of pyridine rings is 1. The smallest absolute Gasteiger partial charge is 0.402 e. The van der Waals surface area contributed by atoms with Crippen LogP contribution in [0.1, 0.15) is 19.8 Å². The Morgan fingerprint density at radius 3 is 2.12 bits per heavy atom. The quantitative estimate of drug-likeness (QED) is 0.506. The third kappa shape index (κ3) is 11.1. The van der Waals surface area contributed by atoms with Gasteiger partial charge in [0.15, 0.2) is 12.4 Å². The van der Waals surface area contributed by atoms with Crippen molar-refractivity contribution >= 4 is 7.32 Å². The van der Waals surface area contributed by atoms with E-state index < -0.39 is 13.5 Å². The molecule has 6 heteroatoms. The highest BCUT2D eigenvalue weighted by atomic mass is 19.1. The topological polar surface area (TPSA) is 64.6 Å². The summed E-state index contributed by atoms with van der Waals surface area (Å²) < 4.78 is 14.5. The Hall–Kier alpha value is -0.975. The van der Waals surface area contributed by atoms with Crippen molar-refractivity contribution in [1.82, 2.24) is 0 Å². The molecule has 0 aliphatic carbocycles. The number of rotatable bonds is 4. The molecule has 0 spiro atoms. The fourth-order valence-electron chi connectivity index (χ4n) is 1.14. The summed E-state index contributed by atoms with van der Waals surface area (Å²) in [5.74, 6) is 0. The molecule has 4 nitrogen and oxygen atoms in total. The van der Waals surface area contributed by atoms with Crippen molar-refractivity contribution in [1.29, 1.82) is 0 Å². The van der Waals surface area contributed by atoms with Gasteiger partial charge < -0.3 is 15.1 Å². The van der Waals surface area contributed by atoms with Gasteiger partial charge in [0.1, 0.15) is 6.54 Å². The lowest BCUT2D eigenvalue weighted by atomic mass is 10.2. The van der Waals surface area contributed by atoms with Gasteiger partial charge >= 0.3 is 7.32 Å². The molecule has 1 rings (SSSR count). The highest BCUT2D eigenvalue weighted by molar-refractivity contribution is 6.30. The predicted molar refractivity (Wildman–Crippen MR) is 58.9 cm³/mol. The Labute approximate surface area is 95.2 Å². The van der Waals surface area contributed by atoms with Gasteiger partial charge in [-0.2, -0.15) is 0 Å². The van der Waals surface area contributed by atoms with E-state index in [1.54, 1.807) is 6.92 Å². The minimum Gasteiger partial charge on any atom is -0.402 e. The van der Waals surface area contributed by atoms with E-state index in [-0.39, 0.29) is 0 Å². The minimum atomic E-state index is -2.17. The summed E-state index contributed by atoms with van der Waals surface area (Å²) in [6.07, 6.45) is 4.90. The maximum absolute atomic E-state index is 12.4. The molecule has 0 bridgehead atoms. The predicted octanol–water partition coefficient (Wildman–Crippen LogP) is 0.0605. The van der Waals surface area contributed by atoms with Gasteiger partial charge in [0, 0.05) is 18.6 Å². The van der Waals surface area contributed by atoms with Crippen LogP contribution in [0.3, 0.4) is 0 Å². The number of alkyl halides is 1. The number of aromatic nitrogens is 1. The van der Waals surface area contributed by atoms with E-state index in [2.05, 4.69) is 4.57 Å². The molecular weight excluding hydrogens is 212 g/mol. The second-order valence-electron chi connectivity index (χ2n) is 3.38. The standard InChI is InChI=1S/C10H15FN.BH3O3/c1-10(11)6-5-9-12-7-3-2-4-8-12;2-1(3)4/h2-4,7-8,10H,5-6,9H2,1H3;2-4H/q+1;. The molecule has 0 saturated carbocycles. The summed E-state index contributed by atoms with van der Waals surface area (Å²) >= 11 is 0. The zero-order valence-corrected chi connectivity index (χ0v) is 9.33. The van der Waals surface area contributed by atoms with Crippen LogP contribution in [0.25, 0.3) is 0 Å². The third-order valence-electron chi connectivity index (χ3n) is 1.80. The Bertz CT molecular complexity index is 257. The first-order valence-corrected chi connectivity index (χ1v) is 5.14. The molecule has 1 heterocycles. The number of nitrogens with zero attached hydrogens (tertiary/aromatic N) is 1. The number of aryl methyl sites for hydroxylation is 1. The molecule has 1 atom stereocenters. The normalized spacial score (nSPS) is 11.3. The number of halogens is 1. The lowest BCUT2D eigenvalue weighted by Crippen LogP contribution is -2.32. The van der Waals surface area contributed by atoms with Crippen molar-refractivity contribution in [2.75, 3.05) is 0 Å². The third-order valence-corrected chi connectivity index (χ3v) is 1.80. The monoisotopic (exact) mass is 230 g/mol. The molecule has 3 N–H and O–H groups in total. The van der Waals surface area contributed by atoms with E-state index >= 15 is 0 Å². The van der Waals surface area contributed by atoms with E-state index in [9.17, 15) is 4.39 Å². The molecule has 0 amide bonds. The van der Waals surface area contributed by atoms with Crippen LogP contribution >= 0.6 is 0 Å². The van der Waals surface area contributed by atoms with Gasteiger partial charge in [-0.05, 0) is 13.3 Å². The van der Waals surface area contributed by atoms with Gasteiger partial charge in [-0.3, -0.25) is 0 Å². The Balaban J connectivity index is 0.000000487. The lowest BCUT2D eigenvalue weighted by molar-refractivity contribution is -0.697. The number of hydrogen-bond donors (Lipinski definition) is 3. The lowest BCUT2D eigenvalue weighted by Gasteiger charge is -1.98. The summed E-state index contributed by atoms with van der Waals surface area (Å²) in [7, 11) is -2.17. The summed E-state index contributed by atoms with van der Waals surface area (Å²) in [4.78, 5) is 0. The van der Waals surface area contributed by atoms with E-state index in [1.165, 1.54) is 0 Å². The van der Waals surface area contributed by atoms with Crippen molar-refractivity contribution in [2.45, 2.75) is 32.5 Å². The van der Waals surface area contributed by atoms with E-state index in [0.29, 0.717) is 6.42 Å². The largest absolute Gasteiger partial charge is 0.631 e. The van der Waals surface area contributed by atoms with Crippen LogP contribution in [0.4, 0.5) is 4.39 Å². The van der Waals surface area contributed by atoms with Gasteiger partial charge in [-0.25, -0.2) is 8.96 Å². The number of hydrogen-bond acceptors (Lipinski definition) is 3. The van der Waals surface area contributed by atoms with Crippen molar-refractivity contribution in [3.63, 3.8) is 0 Å². The fraction of sp³-hybridized carbons (Fsp3) is 0.500. The van der Waals surface area contributed by atoms with E-state index in [0.717, 1.165) is 13.0 Å². The minimum absolute atomic E-state index is 0.655. The van der Waals surface area contributed by atoms with E-state index in [4.69, 9.17) is 15.1 Å². The Morgan fingerprint density at radius 1 is 1.19 bits per heavy atom. The molecule has 16 heavy (non-hydrogen) atoms. The van der Waals surface area contributed by atoms with Crippen molar-refractivity contribution in [3.8, 4) is 0 Å². The maximum Gasteiger partial charge on any atom is 0.631 e. The molecule has 1 aromatic rings. The fourth-order valence-corrected chi connectivity index (χ4v) is 1.14. The zero-order valence-electron chi connectivity index (χ0n) is 9.33. The summed E-state index contributed by atoms with van der Waals surface area (Å²) in [5, 5.41) is 21.5. The summed E-state index contributed by atoms with van der Waals surface area (Å²) in [5.41, 5.74) is 0. The van der Waals surface area contributed by atoms with Crippen LogP contribution in [0.5, 0.6) is 0 Å². The molecule has 0 saturated heterocycles. The first-order valence-electron chi connectivity index (χ1n) is 5.14. The van der Waals surface area contributed by atoms with Crippen LogP contribution in [0, 0.1) is 0 Å². The van der Waals surface area contributed by atoms with Crippen LogP contribution in [0.2, 0.25) is 0 Å². The van der Waals surface area contributed by atoms with Crippen LogP contribution < -0.4 is 4.57 Å². The van der Waals surface area contributed by atoms with Crippen molar-refractivity contribution in [3.05, 3.63) is 30.6 Å². The average molecular weight is 230 g/mol. The Morgan fingerprint density at radius 2 is 1.69 bits per heavy atom. The van der Waals surface area contributed by atoms with Gasteiger partial charge in [0.05, 0.1) is 6.17 Å². The van der Waals surface area contributed by atoms with Crippen LogP contribution in [-0.2, 0) is 6.54 Å². The maximum atomic E-state index is 12.4. The van der Waals surface area contributed by atoms with Gasteiger partial charge in [-0.1, -0.05) is 6.07 Å². The molecule has 90 valence electrons. The van der Waals surface area contributed by atoms with Crippen molar-refractivity contribution < 1.29 is 24.0 Å². The summed E-state index contributed by atoms with van der Waals surface area (Å²) in [6.45, 7) is 2.52. The van der Waals surface area contributed by atoms with Gasteiger partial charge in [-0.15, -0.1) is 0 Å². The summed E-state index contributed by atoms with van der Waals surface area (Å²) in [6, 6.07) is 5.95. The van der Waals surface area contributed by atoms with Crippen LogP contribution in [0.15, 0.2) is 30.6 Å². The van der Waals surface area contributed by atoms with Crippen LogP contribution in [-0.4, -0.2) is 28.6 Å². The molecule has 1 unspecified atom stereocenters. The van der Waals surface area contributed by atoms with Gasteiger partial charge in [0.25, 0.3) is 0 Å². The molecule has 0 aliphatic heterocycles. The first-order chi connectivity index (χ1) is 7.52. The molecule has 0 radical (unpaired) electrons. The molecule has 0 fully saturated rings. The first kappa shape index (κ1) is 15.0. The second-order valence-corrected chi connectivity index (χ2v) is 3.38. The highest BCUT2D eigenvalue weighted by Gasteiger charge is 2.01.